The van der Waals surface area contributed by atoms with E-state index in [1.54, 1.807) is 24.3 Å². The van der Waals surface area contributed by atoms with Crippen molar-refractivity contribution in [2.75, 3.05) is 18.5 Å². The number of aryl methyl sites for hydroxylation is 2. The monoisotopic (exact) mass is 371 g/mol. The topological polar surface area (TPSA) is 73.9 Å². The number of ether oxygens (including phenoxy) is 3. The highest BCUT2D eigenvalue weighted by Gasteiger charge is 2.19. The van der Waals surface area contributed by atoms with Gasteiger partial charge in [-0.05, 0) is 51.5 Å². The van der Waals surface area contributed by atoms with E-state index in [0.717, 1.165) is 11.1 Å². The summed E-state index contributed by atoms with van der Waals surface area (Å²) in [5.41, 5.74) is 2.57. The van der Waals surface area contributed by atoms with E-state index >= 15 is 0 Å². The number of esters is 1. The quantitative estimate of drug-likeness (QED) is 0.717. The molecule has 1 N–H and O–H groups in total. The summed E-state index contributed by atoms with van der Waals surface area (Å²) in [4.78, 5) is 24.3. The Morgan fingerprint density at radius 3 is 2.48 bits per heavy atom. The van der Waals surface area contributed by atoms with E-state index in [0.29, 0.717) is 23.8 Å². The maximum absolute atomic E-state index is 12.3. The van der Waals surface area contributed by atoms with Crippen LogP contribution in [-0.2, 0) is 14.3 Å². The highest BCUT2D eigenvalue weighted by Crippen LogP contribution is 2.24. The Hall–Kier alpha value is -3.02. The maximum atomic E-state index is 12.3. The first-order valence-electron chi connectivity index (χ1n) is 8.83. The second kappa shape index (κ2) is 9.62. The van der Waals surface area contributed by atoms with Gasteiger partial charge in [0.05, 0.1) is 12.3 Å². The molecule has 0 fully saturated rings. The van der Waals surface area contributed by atoms with Crippen molar-refractivity contribution < 1.29 is 23.8 Å². The Kier molecular flexibility index (Phi) is 7.23. The average molecular weight is 371 g/mol. The summed E-state index contributed by atoms with van der Waals surface area (Å²) in [7, 11) is 0. The number of amides is 1. The van der Waals surface area contributed by atoms with Crippen LogP contribution >= 0.6 is 0 Å². The van der Waals surface area contributed by atoms with E-state index in [4.69, 9.17) is 14.2 Å². The zero-order chi connectivity index (χ0) is 19.8. The van der Waals surface area contributed by atoms with Gasteiger partial charge in [-0.3, -0.25) is 4.79 Å². The minimum Gasteiger partial charge on any atom is -0.492 e. The molecule has 6 heteroatoms. The van der Waals surface area contributed by atoms with Crippen molar-refractivity contribution in [3.63, 3.8) is 0 Å². The average Bonchev–Trinajstić information content (AvgIpc) is 2.62. The zero-order valence-electron chi connectivity index (χ0n) is 16.1. The van der Waals surface area contributed by atoms with E-state index < -0.39 is 18.0 Å². The SMILES string of the molecule is CCOc1ccccc1NC(=O)[C@@H](C)OC(=O)COc1ccc(C)cc1C. The standard InChI is InChI=1S/C21H25NO5/c1-5-25-19-9-7-6-8-17(19)22-21(24)16(4)27-20(23)13-26-18-11-10-14(2)12-15(18)3/h6-12,16H,5,13H2,1-4H3,(H,22,24)/t16-/m1/s1. The van der Waals surface area contributed by atoms with Crippen molar-refractivity contribution in [1.29, 1.82) is 0 Å². The van der Waals surface area contributed by atoms with Crippen LogP contribution < -0.4 is 14.8 Å². The molecule has 2 rings (SSSR count). The zero-order valence-corrected chi connectivity index (χ0v) is 16.1. The number of carbonyl (C=O) groups excluding carboxylic acids is 2. The van der Waals surface area contributed by atoms with Gasteiger partial charge >= 0.3 is 5.97 Å². The molecule has 0 unspecified atom stereocenters. The molecule has 6 nitrogen and oxygen atoms in total. The molecule has 1 atom stereocenters. The Morgan fingerprint density at radius 2 is 1.78 bits per heavy atom. The lowest BCUT2D eigenvalue weighted by Gasteiger charge is -2.16. The second-order valence-electron chi connectivity index (χ2n) is 6.11. The Balaban J connectivity index is 1.87. The van der Waals surface area contributed by atoms with E-state index in [2.05, 4.69) is 5.32 Å². The van der Waals surface area contributed by atoms with Crippen LogP contribution in [0.25, 0.3) is 0 Å². The molecule has 0 aromatic heterocycles. The number of nitrogens with one attached hydrogen (secondary N) is 1. The van der Waals surface area contributed by atoms with Crippen molar-refractivity contribution in [2.24, 2.45) is 0 Å². The smallest absolute Gasteiger partial charge is 0.344 e. The van der Waals surface area contributed by atoms with Crippen LogP contribution in [-0.4, -0.2) is 31.2 Å². The Bertz CT molecular complexity index is 803. The lowest BCUT2D eigenvalue weighted by atomic mass is 10.1. The van der Waals surface area contributed by atoms with Crippen LogP contribution in [0.2, 0.25) is 0 Å². The summed E-state index contributed by atoms with van der Waals surface area (Å²) in [5.74, 6) is 0.114. The van der Waals surface area contributed by atoms with Gasteiger partial charge in [0.15, 0.2) is 12.7 Å². The minimum atomic E-state index is -0.963. The number of hydrogen-bond acceptors (Lipinski definition) is 5. The van der Waals surface area contributed by atoms with Gasteiger partial charge in [-0.15, -0.1) is 0 Å². The van der Waals surface area contributed by atoms with Crippen LogP contribution in [0, 0.1) is 13.8 Å². The molecule has 0 aliphatic heterocycles. The van der Waals surface area contributed by atoms with Gasteiger partial charge in [0.1, 0.15) is 11.5 Å². The van der Waals surface area contributed by atoms with Gasteiger partial charge < -0.3 is 19.5 Å². The summed E-state index contributed by atoms with van der Waals surface area (Å²) in [5, 5.41) is 2.71. The fourth-order valence-corrected chi connectivity index (χ4v) is 2.47. The van der Waals surface area contributed by atoms with Gasteiger partial charge in [-0.25, -0.2) is 4.79 Å². The number of hydrogen-bond donors (Lipinski definition) is 1. The summed E-state index contributed by atoms with van der Waals surface area (Å²) in [6, 6.07) is 12.8. The fraction of sp³-hybridized carbons (Fsp3) is 0.333. The molecule has 2 aromatic rings. The maximum Gasteiger partial charge on any atom is 0.344 e. The molecule has 0 spiro atoms. The number of benzene rings is 2. The molecule has 1 amide bonds. The van der Waals surface area contributed by atoms with Crippen molar-refractivity contribution >= 4 is 17.6 Å². The number of rotatable bonds is 8. The summed E-state index contributed by atoms with van der Waals surface area (Å²) in [6.07, 6.45) is -0.963. The van der Waals surface area contributed by atoms with E-state index in [9.17, 15) is 9.59 Å². The second-order valence-corrected chi connectivity index (χ2v) is 6.11. The van der Waals surface area contributed by atoms with Gasteiger partial charge in [-0.1, -0.05) is 29.8 Å². The van der Waals surface area contributed by atoms with Crippen LogP contribution in [0.15, 0.2) is 42.5 Å². The lowest BCUT2D eigenvalue weighted by Crippen LogP contribution is -2.31. The molecule has 2 aromatic carbocycles. The predicted molar refractivity (Wildman–Crippen MR) is 103 cm³/mol. The fourth-order valence-electron chi connectivity index (χ4n) is 2.47. The van der Waals surface area contributed by atoms with Crippen LogP contribution in [0.1, 0.15) is 25.0 Å². The van der Waals surface area contributed by atoms with Gasteiger partial charge in [-0.2, -0.15) is 0 Å². The number of anilines is 1. The van der Waals surface area contributed by atoms with Crippen molar-refractivity contribution in [1.82, 2.24) is 0 Å². The molecule has 0 heterocycles. The largest absolute Gasteiger partial charge is 0.492 e. The molecule has 0 bridgehead atoms. The van der Waals surface area contributed by atoms with E-state index in [1.165, 1.54) is 6.92 Å². The van der Waals surface area contributed by atoms with Crippen molar-refractivity contribution in [3.8, 4) is 11.5 Å². The molecular weight excluding hydrogens is 346 g/mol. The van der Waals surface area contributed by atoms with Crippen LogP contribution in [0.3, 0.4) is 0 Å². The van der Waals surface area contributed by atoms with Gasteiger partial charge in [0.2, 0.25) is 0 Å². The molecule has 0 aliphatic rings. The summed E-state index contributed by atoms with van der Waals surface area (Å²) in [6.45, 7) is 7.46. The third-order valence-electron chi connectivity index (χ3n) is 3.80. The van der Waals surface area contributed by atoms with Crippen LogP contribution in [0.4, 0.5) is 5.69 Å². The lowest BCUT2D eigenvalue weighted by molar-refractivity contribution is -0.155. The third-order valence-corrected chi connectivity index (χ3v) is 3.80. The Morgan fingerprint density at radius 1 is 1.04 bits per heavy atom. The van der Waals surface area contributed by atoms with Gasteiger partial charge in [0, 0.05) is 0 Å². The number of carbonyl (C=O) groups is 2. The first-order chi connectivity index (χ1) is 12.9. The Labute approximate surface area is 159 Å². The molecule has 0 radical (unpaired) electrons. The van der Waals surface area contributed by atoms with Crippen molar-refractivity contribution in [2.45, 2.75) is 33.8 Å². The molecule has 0 aliphatic carbocycles. The molecule has 0 saturated carbocycles. The molecule has 27 heavy (non-hydrogen) atoms. The predicted octanol–water partition coefficient (Wildman–Crippen LogP) is 3.65. The molecule has 144 valence electrons. The first-order valence-corrected chi connectivity index (χ1v) is 8.83. The molecule has 0 saturated heterocycles. The minimum absolute atomic E-state index is 0.267. The normalized spacial score (nSPS) is 11.4. The third kappa shape index (κ3) is 6.02. The van der Waals surface area contributed by atoms with E-state index in [1.807, 2.05) is 39.0 Å². The summed E-state index contributed by atoms with van der Waals surface area (Å²) >= 11 is 0. The highest BCUT2D eigenvalue weighted by molar-refractivity contribution is 5.96. The molecular formula is C21H25NO5. The van der Waals surface area contributed by atoms with E-state index in [-0.39, 0.29) is 6.61 Å². The highest BCUT2D eigenvalue weighted by atomic mass is 16.6. The summed E-state index contributed by atoms with van der Waals surface area (Å²) < 4.78 is 16.1. The first kappa shape index (κ1) is 20.3. The van der Waals surface area contributed by atoms with Gasteiger partial charge in [0.25, 0.3) is 5.91 Å². The van der Waals surface area contributed by atoms with Crippen molar-refractivity contribution in [3.05, 3.63) is 53.6 Å². The number of para-hydroxylation sites is 2. The van der Waals surface area contributed by atoms with Crippen LogP contribution in [0.5, 0.6) is 11.5 Å².